The molecule has 1 N–H and O–H groups in total. The van der Waals surface area contributed by atoms with Gasteiger partial charge in [0.2, 0.25) is 5.91 Å². The quantitative estimate of drug-likeness (QED) is 0.516. The van der Waals surface area contributed by atoms with Gasteiger partial charge in [-0.25, -0.2) is 0 Å². The molecule has 2 aromatic carbocycles. The van der Waals surface area contributed by atoms with Crippen molar-refractivity contribution >= 4 is 40.9 Å². The number of carbonyl (C=O) groups is 1. The molecule has 1 heterocycles. The number of methoxy groups -OCH3 is 1. The van der Waals surface area contributed by atoms with E-state index in [0.717, 1.165) is 11.3 Å². The summed E-state index contributed by atoms with van der Waals surface area (Å²) in [4.78, 5) is 12.7. The second-order valence-corrected chi connectivity index (χ2v) is 8.46. The zero-order valence-electron chi connectivity index (χ0n) is 16.1. The molecule has 0 aliphatic heterocycles. The number of benzene rings is 2. The summed E-state index contributed by atoms with van der Waals surface area (Å²) < 4.78 is 7.21. The van der Waals surface area contributed by atoms with E-state index in [1.54, 1.807) is 30.1 Å². The summed E-state index contributed by atoms with van der Waals surface area (Å²) in [6.07, 6.45) is 1.60. The van der Waals surface area contributed by atoms with Gasteiger partial charge in [0, 0.05) is 10.0 Å². The van der Waals surface area contributed by atoms with Crippen LogP contribution in [0, 0.1) is 0 Å². The maximum absolute atomic E-state index is 12.7. The number of nitrogens with zero attached hydrogens (tertiary/aromatic N) is 3. The SMILES string of the molecule is COc1ccccc1-n1cnnc1S[C@@H](C)C(=O)N[C@@H](C)c1ccc(Cl)cc1Cl. The van der Waals surface area contributed by atoms with E-state index in [9.17, 15) is 4.79 Å². The first-order valence-corrected chi connectivity index (χ1v) is 10.5. The van der Waals surface area contributed by atoms with E-state index in [2.05, 4.69) is 15.5 Å². The van der Waals surface area contributed by atoms with E-state index in [-0.39, 0.29) is 11.9 Å². The first kappa shape index (κ1) is 21.5. The molecular formula is C20H20Cl2N4O2S. The molecule has 152 valence electrons. The summed E-state index contributed by atoms with van der Waals surface area (Å²) in [6.45, 7) is 3.69. The van der Waals surface area contributed by atoms with E-state index in [1.165, 1.54) is 11.8 Å². The third-order valence-corrected chi connectivity index (χ3v) is 5.92. The number of ether oxygens (including phenoxy) is 1. The molecule has 29 heavy (non-hydrogen) atoms. The van der Waals surface area contributed by atoms with Gasteiger partial charge in [-0.1, -0.05) is 53.2 Å². The van der Waals surface area contributed by atoms with Gasteiger partial charge >= 0.3 is 0 Å². The highest BCUT2D eigenvalue weighted by Gasteiger charge is 2.22. The van der Waals surface area contributed by atoms with Gasteiger partial charge in [0.05, 0.1) is 24.1 Å². The van der Waals surface area contributed by atoms with Gasteiger partial charge in [-0.2, -0.15) is 0 Å². The lowest BCUT2D eigenvalue weighted by Crippen LogP contribution is -2.33. The minimum absolute atomic E-state index is 0.136. The van der Waals surface area contributed by atoms with Crippen LogP contribution in [0.5, 0.6) is 5.75 Å². The maximum Gasteiger partial charge on any atom is 0.233 e. The zero-order valence-corrected chi connectivity index (χ0v) is 18.4. The lowest BCUT2D eigenvalue weighted by Gasteiger charge is -2.19. The summed E-state index contributed by atoms with van der Waals surface area (Å²) in [6, 6.07) is 12.5. The number of nitrogens with one attached hydrogen (secondary N) is 1. The van der Waals surface area contributed by atoms with Crippen molar-refractivity contribution in [1.29, 1.82) is 0 Å². The Hall–Kier alpha value is -2.22. The van der Waals surface area contributed by atoms with Crippen LogP contribution in [0.4, 0.5) is 0 Å². The monoisotopic (exact) mass is 450 g/mol. The molecule has 0 bridgehead atoms. The minimum atomic E-state index is -0.402. The summed E-state index contributed by atoms with van der Waals surface area (Å²) in [5.74, 6) is 0.556. The molecule has 2 atom stereocenters. The average molecular weight is 451 g/mol. The standard InChI is InChI=1S/C20H20Cl2N4O2S/c1-12(15-9-8-14(21)10-16(15)22)24-19(27)13(2)29-20-25-23-11-26(20)17-6-4-5-7-18(17)28-3/h4-13H,1-3H3,(H,24,27)/t12-,13-/m0/s1. The topological polar surface area (TPSA) is 69.0 Å². The number of carbonyl (C=O) groups excluding carboxylic acids is 1. The van der Waals surface area contributed by atoms with Crippen LogP contribution >= 0.6 is 35.0 Å². The Kier molecular flexibility index (Phi) is 7.05. The molecule has 9 heteroatoms. The fraction of sp³-hybridized carbons (Fsp3) is 0.250. The normalized spacial score (nSPS) is 13.0. The lowest BCUT2D eigenvalue weighted by atomic mass is 10.1. The van der Waals surface area contributed by atoms with Gasteiger partial charge in [-0.3, -0.25) is 9.36 Å². The summed E-state index contributed by atoms with van der Waals surface area (Å²) >= 11 is 13.5. The molecule has 0 radical (unpaired) electrons. The fourth-order valence-corrected chi connectivity index (χ4v) is 4.19. The second kappa shape index (κ2) is 9.52. The maximum atomic E-state index is 12.7. The number of hydrogen-bond donors (Lipinski definition) is 1. The smallest absolute Gasteiger partial charge is 0.233 e. The van der Waals surface area contributed by atoms with Crippen LogP contribution in [0.15, 0.2) is 53.9 Å². The summed E-state index contributed by atoms with van der Waals surface area (Å²) in [5, 5.41) is 12.4. The number of hydrogen-bond acceptors (Lipinski definition) is 5. The van der Waals surface area contributed by atoms with E-state index in [1.807, 2.05) is 44.2 Å². The van der Waals surface area contributed by atoms with E-state index >= 15 is 0 Å². The molecular weight excluding hydrogens is 431 g/mol. The molecule has 0 spiro atoms. The Balaban J connectivity index is 1.72. The third kappa shape index (κ3) is 5.04. The van der Waals surface area contributed by atoms with Gasteiger partial charge in [-0.05, 0) is 43.7 Å². The molecule has 0 unspecified atom stereocenters. The van der Waals surface area contributed by atoms with Crippen LogP contribution in [0.2, 0.25) is 10.0 Å². The molecule has 3 rings (SSSR count). The highest BCUT2D eigenvalue weighted by atomic mass is 35.5. The average Bonchev–Trinajstić information content (AvgIpc) is 3.15. The van der Waals surface area contributed by atoms with Crippen LogP contribution in [0.25, 0.3) is 5.69 Å². The highest BCUT2D eigenvalue weighted by Crippen LogP contribution is 2.30. The number of thioether (sulfide) groups is 1. The van der Waals surface area contributed by atoms with Crippen LogP contribution in [0.1, 0.15) is 25.5 Å². The van der Waals surface area contributed by atoms with Gasteiger partial charge in [0.25, 0.3) is 0 Å². The molecule has 3 aromatic rings. The van der Waals surface area contributed by atoms with Crippen LogP contribution in [0.3, 0.4) is 0 Å². The Morgan fingerprint density at radius 1 is 1.21 bits per heavy atom. The van der Waals surface area contributed by atoms with Crippen molar-refractivity contribution in [3.05, 3.63) is 64.4 Å². The molecule has 1 aromatic heterocycles. The van der Waals surface area contributed by atoms with Crippen molar-refractivity contribution in [3.63, 3.8) is 0 Å². The van der Waals surface area contributed by atoms with E-state index in [4.69, 9.17) is 27.9 Å². The Bertz CT molecular complexity index is 1010. The van der Waals surface area contributed by atoms with Crippen LogP contribution in [-0.2, 0) is 4.79 Å². The van der Waals surface area contributed by atoms with Crippen LogP contribution in [-0.4, -0.2) is 33.0 Å². The van der Waals surface area contributed by atoms with Crippen molar-refractivity contribution in [1.82, 2.24) is 20.1 Å². The highest BCUT2D eigenvalue weighted by molar-refractivity contribution is 8.00. The van der Waals surface area contributed by atoms with Crippen molar-refractivity contribution in [2.45, 2.75) is 30.3 Å². The van der Waals surface area contributed by atoms with Gasteiger partial charge in [0.15, 0.2) is 5.16 Å². The number of aromatic nitrogens is 3. The first-order valence-electron chi connectivity index (χ1n) is 8.86. The molecule has 0 fully saturated rings. The number of para-hydroxylation sites is 2. The Labute approximate surface area is 183 Å². The van der Waals surface area contributed by atoms with E-state index < -0.39 is 5.25 Å². The molecule has 0 aliphatic rings. The number of rotatable bonds is 7. The molecule has 6 nitrogen and oxygen atoms in total. The minimum Gasteiger partial charge on any atom is -0.495 e. The fourth-order valence-electron chi connectivity index (χ4n) is 2.77. The van der Waals surface area contributed by atoms with Crippen molar-refractivity contribution < 1.29 is 9.53 Å². The first-order chi connectivity index (χ1) is 13.9. The Morgan fingerprint density at radius 3 is 2.69 bits per heavy atom. The summed E-state index contributed by atoms with van der Waals surface area (Å²) in [7, 11) is 1.61. The predicted octanol–water partition coefficient (Wildman–Crippen LogP) is 4.94. The Morgan fingerprint density at radius 2 is 1.97 bits per heavy atom. The number of amides is 1. The van der Waals surface area contributed by atoms with Gasteiger partial charge < -0.3 is 10.1 Å². The zero-order chi connectivity index (χ0) is 21.0. The van der Waals surface area contributed by atoms with Crippen molar-refractivity contribution in [2.24, 2.45) is 0 Å². The van der Waals surface area contributed by atoms with E-state index in [0.29, 0.717) is 21.0 Å². The molecule has 1 amide bonds. The second-order valence-electron chi connectivity index (χ2n) is 6.31. The van der Waals surface area contributed by atoms with Gasteiger partial charge in [-0.15, -0.1) is 10.2 Å². The molecule has 0 aliphatic carbocycles. The third-order valence-electron chi connectivity index (χ3n) is 4.30. The molecule has 0 saturated carbocycles. The van der Waals surface area contributed by atoms with Crippen molar-refractivity contribution in [3.8, 4) is 11.4 Å². The van der Waals surface area contributed by atoms with Crippen LogP contribution < -0.4 is 10.1 Å². The number of halogens is 2. The van der Waals surface area contributed by atoms with Crippen molar-refractivity contribution in [2.75, 3.05) is 7.11 Å². The van der Waals surface area contributed by atoms with Gasteiger partial charge in [0.1, 0.15) is 12.1 Å². The largest absolute Gasteiger partial charge is 0.495 e. The predicted molar refractivity (Wildman–Crippen MR) is 116 cm³/mol. The summed E-state index contributed by atoms with van der Waals surface area (Å²) in [5.41, 5.74) is 1.61. The lowest BCUT2D eigenvalue weighted by molar-refractivity contribution is -0.120. The molecule has 0 saturated heterocycles.